The number of aromatic carboxylic acids is 1. The summed E-state index contributed by atoms with van der Waals surface area (Å²) < 4.78 is 40.5. The highest BCUT2D eigenvalue weighted by molar-refractivity contribution is 5.85. The van der Waals surface area contributed by atoms with E-state index in [9.17, 15) is 9.59 Å². The normalized spacial score (nSPS) is 20.0. The van der Waals surface area contributed by atoms with Crippen molar-refractivity contribution in [3.63, 3.8) is 0 Å². The number of pyridine rings is 1. The molecule has 53 heavy (non-hydrogen) atoms. The van der Waals surface area contributed by atoms with Gasteiger partial charge < -0.3 is 20.5 Å². The number of benzene rings is 2. The lowest BCUT2D eigenvalue weighted by Crippen LogP contribution is -2.61. The van der Waals surface area contributed by atoms with Crippen LogP contribution in [-0.4, -0.2) is 103 Å². The first kappa shape index (κ1) is 34.7. The number of hydrogen-bond acceptors (Lipinski definition) is 10. The van der Waals surface area contributed by atoms with Crippen LogP contribution in [0.1, 0.15) is 42.2 Å². The van der Waals surface area contributed by atoms with Crippen LogP contribution in [0, 0.1) is 5.92 Å². The molecule has 0 radical (unpaired) electrons. The van der Waals surface area contributed by atoms with E-state index in [1.165, 1.54) is 17.0 Å². The zero-order chi connectivity index (χ0) is 36.7. The molecule has 0 unspecified atom stereocenters. The van der Waals surface area contributed by atoms with Gasteiger partial charge in [0.2, 0.25) is 0 Å². The van der Waals surface area contributed by atoms with Gasteiger partial charge in [-0.05, 0) is 99.8 Å². The number of ether oxygens (including phenoxy) is 1. The number of halogens is 2. The molecule has 6 heterocycles. The van der Waals surface area contributed by atoms with Crippen molar-refractivity contribution >= 4 is 28.6 Å². The lowest BCUT2D eigenvalue weighted by atomic mass is 9.91. The Balaban J connectivity index is 0.880. The molecule has 276 valence electrons. The molecule has 3 saturated heterocycles. The Hall–Kier alpha value is -5.41. The smallest absolute Gasteiger partial charge is 0.354 e. The van der Waals surface area contributed by atoms with E-state index in [0.717, 1.165) is 55.7 Å². The van der Waals surface area contributed by atoms with Gasteiger partial charge in [-0.25, -0.2) is 33.3 Å². The van der Waals surface area contributed by atoms with Crippen LogP contribution in [0.15, 0.2) is 84.0 Å². The number of nitrogens with zero attached hydrogens (tertiary/aromatic N) is 8. The predicted octanol–water partition coefficient (Wildman–Crippen LogP) is 4.92. The number of fused-ring (bicyclic) bond motifs is 1. The number of hydrogen-bond donors (Lipinski definition) is 2. The molecule has 8 rings (SSSR count). The van der Waals surface area contributed by atoms with Crippen molar-refractivity contribution in [2.24, 2.45) is 5.92 Å². The summed E-state index contributed by atoms with van der Waals surface area (Å²) in [5, 5.41) is 9.08. The van der Waals surface area contributed by atoms with Crippen LogP contribution < -0.4 is 21.1 Å². The van der Waals surface area contributed by atoms with Crippen LogP contribution in [0.3, 0.4) is 0 Å². The third kappa shape index (κ3) is 6.93. The fourth-order valence-corrected chi connectivity index (χ4v) is 7.95. The van der Waals surface area contributed by atoms with Crippen molar-refractivity contribution in [3.8, 4) is 17.2 Å². The number of rotatable bonds is 10. The number of carboxylic acids is 1. The minimum atomic E-state index is -3.18. The maximum absolute atomic E-state index is 16.1. The van der Waals surface area contributed by atoms with E-state index in [-0.39, 0.29) is 29.1 Å². The van der Waals surface area contributed by atoms with E-state index in [2.05, 4.69) is 24.8 Å². The second-order valence-electron chi connectivity index (χ2n) is 14.2. The maximum Gasteiger partial charge on any atom is 0.354 e. The SMILES string of the molecule is Nc1ncnc2c1n(-c1ccc(Oc3ccccc3)cc1)c(=O)n2[C@@H]1CCN(CCC2CCN(C3CN(c4ccc(C(=O)O)nc4)C3)CC2)CC1(F)F. The lowest BCUT2D eigenvalue weighted by molar-refractivity contribution is -0.104. The first-order valence-corrected chi connectivity index (χ1v) is 18.0. The molecule has 3 N–H and O–H groups in total. The highest BCUT2D eigenvalue weighted by atomic mass is 19.3. The Morgan fingerprint density at radius 3 is 2.30 bits per heavy atom. The van der Waals surface area contributed by atoms with E-state index >= 15 is 8.78 Å². The van der Waals surface area contributed by atoms with Gasteiger partial charge in [-0.3, -0.25) is 18.9 Å². The Morgan fingerprint density at radius 1 is 0.906 bits per heavy atom. The highest BCUT2D eigenvalue weighted by Gasteiger charge is 2.47. The fraction of sp³-hybridized carbons (Fsp3) is 0.395. The van der Waals surface area contributed by atoms with Gasteiger partial charge in [0.1, 0.15) is 35.1 Å². The van der Waals surface area contributed by atoms with Crippen molar-refractivity contribution in [1.29, 1.82) is 0 Å². The Morgan fingerprint density at radius 2 is 1.62 bits per heavy atom. The summed E-state index contributed by atoms with van der Waals surface area (Å²) in [5.74, 6) is -2.51. The summed E-state index contributed by atoms with van der Waals surface area (Å²) in [6.45, 7) is 4.26. The second kappa shape index (κ2) is 14.2. The first-order chi connectivity index (χ1) is 25.6. The Kier molecular flexibility index (Phi) is 9.28. The number of nitrogen functional groups attached to an aromatic ring is 1. The average molecular weight is 726 g/mol. The fourth-order valence-electron chi connectivity index (χ4n) is 7.95. The van der Waals surface area contributed by atoms with Crippen LogP contribution in [0.25, 0.3) is 16.9 Å². The highest BCUT2D eigenvalue weighted by Crippen LogP contribution is 2.39. The quantitative estimate of drug-likeness (QED) is 0.202. The van der Waals surface area contributed by atoms with Gasteiger partial charge in [-0.1, -0.05) is 18.2 Å². The zero-order valence-electron chi connectivity index (χ0n) is 29.1. The number of anilines is 2. The Bertz CT molecular complexity index is 2130. The molecule has 3 aliphatic rings. The second-order valence-corrected chi connectivity index (χ2v) is 14.2. The summed E-state index contributed by atoms with van der Waals surface area (Å²) >= 11 is 0. The standard InChI is InChI=1S/C38H41F2N9O4/c39-38(40)23-45(16-12-25-13-18-46(19-14-25)28-21-47(22-28)27-8-11-31(36(50)51)42-20-27)17-15-32(38)49-35-33(34(41)43-24-44-35)48(37(49)52)26-6-9-30(10-7-26)53-29-4-2-1-3-5-29/h1-11,20,24-25,28,32H,12-19,21-23H2,(H,50,51)(H2,41,43,44)/t32-/m1/s1. The monoisotopic (exact) mass is 725 g/mol. The van der Waals surface area contributed by atoms with Crippen LogP contribution >= 0.6 is 0 Å². The summed E-state index contributed by atoms with van der Waals surface area (Å²) in [5.41, 5.74) is 7.28. The third-order valence-electron chi connectivity index (χ3n) is 10.9. The number of nitrogens with two attached hydrogens (primary N) is 1. The van der Waals surface area contributed by atoms with Crippen molar-refractivity contribution in [3.05, 3.63) is 95.4 Å². The van der Waals surface area contributed by atoms with Gasteiger partial charge in [-0.2, -0.15) is 0 Å². The molecule has 0 saturated carbocycles. The van der Waals surface area contributed by atoms with Crippen LogP contribution in [-0.2, 0) is 0 Å². The molecule has 0 bridgehead atoms. The van der Waals surface area contributed by atoms with Crippen molar-refractivity contribution in [2.45, 2.75) is 43.7 Å². The number of para-hydroxylation sites is 1. The third-order valence-corrected chi connectivity index (χ3v) is 10.9. The molecule has 3 fully saturated rings. The largest absolute Gasteiger partial charge is 0.477 e. The van der Waals surface area contributed by atoms with Gasteiger partial charge in [0.15, 0.2) is 11.5 Å². The molecule has 0 aliphatic carbocycles. The minimum absolute atomic E-state index is 0.0291. The van der Waals surface area contributed by atoms with Gasteiger partial charge in [0.05, 0.1) is 24.1 Å². The number of likely N-dealkylation sites (tertiary alicyclic amines) is 2. The number of carbonyl (C=O) groups is 1. The maximum atomic E-state index is 16.1. The topological polar surface area (TPSA) is 148 Å². The van der Waals surface area contributed by atoms with Gasteiger partial charge in [-0.15, -0.1) is 0 Å². The predicted molar refractivity (Wildman–Crippen MR) is 195 cm³/mol. The molecule has 3 aromatic heterocycles. The number of imidazole rings is 1. The summed E-state index contributed by atoms with van der Waals surface area (Å²) in [4.78, 5) is 44.0. The molecular weight excluding hydrogens is 684 g/mol. The number of carboxylic acid groups (broad SMARTS) is 1. The number of aromatic nitrogens is 5. The zero-order valence-corrected chi connectivity index (χ0v) is 29.1. The lowest BCUT2D eigenvalue weighted by Gasteiger charge is -2.48. The average Bonchev–Trinajstić information content (AvgIpc) is 3.43. The Labute approximate surface area is 304 Å². The molecule has 5 aromatic rings. The van der Waals surface area contributed by atoms with Crippen LogP contribution in [0.5, 0.6) is 11.5 Å². The summed E-state index contributed by atoms with van der Waals surface area (Å²) in [6, 6.07) is 18.5. The molecule has 0 spiro atoms. The van der Waals surface area contributed by atoms with E-state index in [1.807, 2.05) is 35.2 Å². The van der Waals surface area contributed by atoms with E-state index < -0.39 is 30.2 Å². The van der Waals surface area contributed by atoms with Crippen LogP contribution in [0.4, 0.5) is 20.3 Å². The first-order valence-electron chi connectivity index (χ1n) is 18.0. The van der Waals surface area contributed by atoms with Crippen LogP contribution in [0.2, 0.25) is 0 Å². The molecule has 1 atom stereocenters. The molecule has 2 aromatic carbocycles. The van der Waals surface area contributed by atoms with E-state index in [1.54, 1.807) is 36.5 Å². The minimum Gasteiger partial charge on any atom is -0.477 e. The number of piperidine rings is 2. The van der Waals surface area contributed by atoms with Gasteiger partial charge in [0.25, 0.3) is 5.92 Å². The molecule has 13 nitrogen and oxygen atoms in total. The van der Waals surface area contributed by atoms with Crippen molar-refractivity contribution in [2.75, 3.05) is 56.4 Å². The molecule has 3 aliphatic heterocycles. The van der Waals surface area contributed by atoms with Gasteiger partial charge >= 0.3 is 11.7 Å². The van der Waals surface area contributed by atoms with E-state index in [0.29, 0.717) is 42.2 Å². The van der Waals surface area contributed by atoms with E-state index in [4.69, 9.17) is 15.6 Å². The van der Waals surface area contributed by atoms with Crippen molar-refractivity contribution in [1.82, 2.24) is 33.9 Å². The van der Waals surface area contributed by atoms with Crippen molar-refractivity contribution < 1.29 is 23.4 Å². The molecule has 15 heteroatoms. The number of alkyl halides is 2. The van der Waals surface area contributed by atoms with Gasteiger partial charge in [0, 0.05) is 25.7 Å². The molecule has 0 amide bonds. The summed E-state index contributed by atoms with van der Waals surface area (Å²) in [6.07, 6.45) is 5.79. The summed E-state index contributed by atoms with van der Waals surface area (Å²) in [7, 11) is 0. The molecular formula is C38H41F2N9O4.